The van der Waals surface area contributed by atoms with Crippen molar-refractivity contribution in [2.75, 3.05) is 4.81 Å². The quantitative estimate of drug-likeness (QED) is 0.151. The zero-order valence-electron chi connectivity index (χ0n) is 36.1. The fourth-order valence-corrected chi connectivity index (χ4v) is 11.7. The van der Waals surface area contributed by atoms with E-state index in [9.17, 15) is 0 Å². The van der Waals surface area contributed by atoms with Crippen LogP contribution in [0.25, 0.3) is 60.9 Å². The summed E-state index contributed by atoms with van der Waals surface area (Å²) in [6.45, 7) is 23.6. The van der Waals surface area contributed by atoms with Gasteiger partial charge in [-0.05, 0) is 119 Å². The van der Waals surface area contributed by atoms with E-state index in [0.29, 0.717) is 0 Å². The molecule has 0 spiro atoms. The summed E-state index contributed by atoms with van der Waals surface area (Å²) in [5, 5.41) is 2.72. The van der Waals surface area contributed by atoms with Crippen molar-refractivity contribution in [3.8, 4) is 39.1 Å². The van der Waals surface area contributed by atoms with Crippen LogP contribution in [0, 0.1) is 0 Å². The minimum Gasteiger partial charge on any atom is -0.376 e. The summed E-state index contributed by atoms with van der Waals surface area (Å²) in [4.78, 5) is 2.69. The van der Waals surface area contributed by atoms with Crippen molar-refractivity contribution in [3.63, 3.8) is 0 Å². The predicted molar refractivity (Wildman–Crippen MR) is 252 cm³/mol. The van der Waals surface area contributed by atoms with Gasteiger partial charge in [0.25, 0.3) is 0 Å². The highest BCUT2D eigenvalue weighted by molar-refractivity contribution is 6.93. The number of rotatable bonds is 1. The zero-order chi connectivity index (χ0) is 40.7. The Morgan fingerprint density at radius 3 is 1.85 bits per heavy atom. The van der Waals surface area contributed by atoms with E-state index >= 15 is 0 Å². The summed E-state index contributed by atoms with van der Waals surface area (Å²) in [7, 11) is 0. The maximum absolute atomic E-state index is 2.69. The second-order valence-corrected chi connectivity index (χ2v) is 21.0. The molecule has 2 aliphatic heterocycles. The highest BCUT2D eigenvalue weighted by Gasteiger charge is 2.47. The molecule has 0 amide bonds. The summed E-state index contributed by atoms with van der Waals surface area (Å²) < 4.78 is 2.68. The first-order chi connectivity index (χ1) is 28.1. The Bertz CT molecular complexity index is 3180. The minimum atomic E-state index is -0.127. The molecule has 59 heavy (non-hydrogen) atoms. The van der Waals surface area contributed by atoms with E-state index in [1.165, 1.54) is 117 Å². The third-order valence-electron chi connectivity index (χ3n) is 14.9. The third kappa shape index (κ3) is 4.39. The average molecular weight is 763 g/mol. The van der Waals surface area contributed by atoms with Crippen LogP contribution in [-0.2, 0) is 21.7 Å². The van der Waals surface area contributed by atoms with Crippen LogP contribution in [-0.4, -0.2) is 11.4 Å². The Morgan fingerprint density at radius 2 is 1.14 bits per heavy atom. The number of nitrogens with zero attached hydrogens (tertiary/aromatic N) is 2. The van der Waals surface area contributed by atoms with Gasteiger partial charge in [0.1, 0.15) is 0 Å². The first-order valence-electron chi connectivity index (χ1n) is 21.6. The molecule has 12 rings (SSSR count). The predicted octanol–water partition coefficient (Wildman–Crippen LogP) is 13.2. The molecule has 3 heterocycles. The maximum Gasteiger partial charge on any atom is 0.333 e. The molecular weight excluding hydrogens is 711 g/mol. The Morgan fingerprint density at radius 1 is 0.492 bits per heavy atom. The van der Waals surface area contributed by atoms with E-state index in [4.69, 9.17) is 0 Å². The standard InChI is InChI=1S/C56H51BN2/c1-53(2,3)32-19-22-34(23-20-32)59-46-27-21-33(54(4,5)6)29-40(46)36-24-25-38-50-47(28-26-43-49(50)37-16-12-14-18-42(37)55(43,7)8)58-48-30-39-35-15-11-13-17-41(35)56(9,10)44(39)31-45(48)57(59)51(36)52(38)58/h11-31H,1-10H3. The lowest BCUT2D eigenvalue weighted by Crippen LogP contribution is -2.60. The lowest BCUT2D eigenvalue weighted by molar-refractivity contribution is 0.590. The zero-order valence-corrected chi connectivity index (χ0v) is 36.1. The Kier molecular flexibility index (Phi) is 6.60. The van der Waals surface area contributed by atoms with E-state index in [2.05, 4.69) is 206 Å². The van der Waals surface area contributed by atoms with Gasteiger partial charge >= 0.3 is 6.85 Å². The van der Waals surface area contributed by atoms with Gasteiger partial charge < -0.3 is 9.38 Å². The molecule has 0 saturated carbocycles. The second kappa shape index (κ2) is 11.1. The van der Waals surface area contributed by atoms with E-state index in [1.807, 2.05) is 0 Å². The van der Waals surface area contributed by atoms with Gasteiger partial charge in [-0.2, -0.15) is 0 Å². The van der Waals surface area contributed by atoms with Crippen LogP contribution in [0.5, 0.6) is 0 Å². The molecule has 0 radical (unpaired) electrons. The molecule has 0 unspecified atom stereocenters. The summed E-state index contributed by atoms with van der Waals surface area (Å²) in [6.07, 6.45) is 0. The van der Waals surface area contributed by atoms with Gasteiger partial charge in [-0.15, -0.1) is 0 Å². The number of aromatic nitrogens is 1. The molecule has 4 aliphatic rings. The highest BCUT2D eigenvalue weighted by atomic mass is 15.1. The molecular formula is C56H51BN2. The SMILES string of the molecule is CC(C)(C)c1ccc(N2B3c4cc5c(cc4-n4c6ccc7c(c6c6ccc(c3c64)-c3cc(C(C)(C)C)ccc32)-c2ccccc2C7(C)C)-c2ccccc2C5(C)C)cc1. The van der Waals surface area contributed by atoms with Gasteiger partial charge in [0.15, 0.2) is 0 Å². The number of fused-ring (bicyclic) bond motifs is 15. The van der Waals surface area contributed by atoms with Crippen LogP contribution in [0.4, 0.5) is 11.4 Å². The van der Waals surface area contributed by atoms with Crippen molar-refractivity contribution in [3.05, 3.63) is 161 Å². The topological polar surface area (TPSA) is 8.17 Å². The lowest BCUT2D eigenvalue weighted by Gasteiger charge is -2.43. The first-order valence-corrected chi connectivity index (χ1v) is 21.6. The van der Waals surface area contributed by atoms with Crippen LogP contribution >= 0.6 is 0 Å². The van der Waals surface area contributed by atoms with E-state index in [1.54, 1.807) is 0 Å². The van der Waals surface area contributed by atoms with Crippen molar-refractivity contribution in [1.29, 1.82) is 0 Å². The maximum atomic E-state index is 2.69. The number of benzene rings is 7. The van der Waals surface area contributed by atoms with Gasteiger partial charge in [-0.3, -0.25) is 0 Å². The monoisotopic (exact) mass is 762 g/mol. The average Bonchev–Trinajstić information content (AvgIpc) is 3.76. The van der Waals surface area contributed by atoms with Gasteiger partial charge in [-0.25, -0.2) is 0 Å². The van der Waals surface area contributed by atoms with E-state index < -0.39 is 0 Å². The van der Waals surface area contributed by atoms with Crippen LogP contribution in [0.1, 0.15) is 103 Å². The van der Waals surface area contributed by atoms with Crippen LogP contribution < -0.4 is 15.7 Å². The fraction of sp³-hybridized carbons (Fsp3) is 0.250. The third-order valence-corrected chi connectivity index (χ3v) is 14.9. The first kappa shape index (κ1) is 35.2. The molecule has 0 saturated heterocycles. The number of hydrogen-bond donors (Lipinski definition) is 0. The van der Waals surface area contributed by atoms with Crippen LogP contribution in [0.3, 0.4) is 0 Å². The Balaban J connectivity index is 1.26. The molecule has 7 aromatic carbocycles. The molecule has 2 nitrogen and oxygen atoms in total. The van der Waals surface area contributed by atoms with Gasteiger partial charge in [-0.1, -0.05) is 160 Å². The fourth-order valence-electron chi connectivity index (χ4n) is 11.7. The molecule has 2 aliphatic carbocycles. The lowest BCUT2D eigenvalue weighted by atomic mass is 9.43. The van der Waals surface area contributed by atoms with Gasteiger partial charge in [0.2, 0.25) is 0 Å². The van der Waals surface area contributed by atoms with Crippen molar-refractivity contribution in [2.45, 2.75) is 90.9 Å². The van der Waals surface area contributed by atoms with E-state index in [-0.39, 0.29) is 28.5 Å². The highest BCUT2D eigenvalue weighted by Crippen LogP contribution is 2.56. The second-order valence-electron chi connectivity index (χ2n) is 21.0. The molecule has 288 valence electrons. The summed E-state index contributed by atoms with van der Waals surface area (Å²) in [6, 6.07) is 50.1. The molecule has 0 N–H and O–H groups in total. The van der Waals surface area contributed by atoms with Crippen molar-refractivity contribution >= 4 is 51.0 Å². The van der Waals surface area contributed by atoms with E-state index in [0.717, 1.165) is 0 Å². The van der Waals surface area contributed by atoms with Crippen molar-refractivity contribution < 1.29 is 0 Å². The van der Waals surface area contributed by atoms with Crippen molar-refractivity contribution in [1.82, 2.24) is 4.57 Å². The van der Waals surface area contributed by atoms with Crippen LogP contribution in [0.2, 0.25) is 0 Å². The Labute approximate surface area is 349 Å². The molecule has 0 bridgehead atoms. The number of anilines is 2. The molecule has 1 aromatic heterocycles. The van der Waals surface area contributed by atoms with Crippen LogP contribution in [0.15, 0.2) is 127 Å². The molecule has 0 atom stereocenters. The largest absolute Gasteiger partial charge is 0.376 e. The van der Waals surface area contributed by atoms with Crippen molar-refractivity contribution in [2.24, 2.45) is 0 Å². The smallest absolute Gasteiger partial charge is 0.333 e. The normalized spacial score (nSPS) is 16.2. The molecule has 0 fully saturated rings. The summed E-state index contributed by atoms with van der Waals surface area (Å²) in [5.41, 5.74) is 25.6. The van der Waals surface area contributed by atoms with Gasteiger partial charge in [0, 0.05) is 44.2 Å². The molecule has 8 aromatic rings. The summed E-state index contributed by atoms with van der Waals surface area (Å²) in [5.74, 6) is 0. The van der Waals surface area contributed by atoms with Gasteiger partial charge in [0.05, 0.1) is 11.0 Å². The summed E-state index contributed by atoms with van der Waals surface area (Å²) >= 11 is 0. The minimum absolute atomic E-state index is 0.00971. The molecule has 3 heteroatoms. The number of hydrogen-bond acceptors (Lipinski definition) is 1. The Hall–Kier alpha value is -5.80.